The molecule has 0 radical (unpaired) electrons. The van der Waals surface area contributed by atoms with E-state index in [9.17, 15) is 9.59 Å². The molecule has 0 aliphatic rings. The summed E-state index contributed by atoms with van der Waals surface area (Å²) in [6.45, 7) is 3.61. The first-order valence-electron chi connectivity index (χ1n) is 9.16. The Hall–Kier alpha value is -2.65. The Morgan fingerprint density at radius 3 is 2.67 bits per heavy atom. The maximum absolute atomic E-state index is 13.0. The maximum atomic E-state index is 13.0. The van der Waals surface area contributed by atoms with Gasteiger partial charge in [0.25, 0.3) is 5.91 Å². The lowest BCUT2D eigenvalue weighted by Crippen LogP contribution is -2.35. The number of nitrogens with one attached hydrogen (secondary N) is 1. The van der Waals surface area contributed by atoms with Gasteiger partial charge in [0, 0.05) is 22.1 Å². The van der Waals surface area contributed by atoms with Crippen LogP contribution in [0.2, 0.25) is 0 Å². The summed E-state index contributed by atoms with van der Waals surface area (Å²) in [5.74, 6) is 1.03. The molecule has 0 saturated carbocycles. The second-order valence-electron chi connectivity index (χ2n) is 6.69. The highest BCUT2D eigenvalue weighted by Crippen LogP contribution is 2.27. The Morgan fingerprint density at radius 1 is 1.20 bits per heavy atom. The van der Waals surface area contributed by atoms with Crippen LogP contribution in [0.15, 0.2) is 56.4 Å². The van der Waals surface area contributed by atoms with Gasteiger partial charge >= 0.3 is 0 Å². The SMILES string of the molecule is Cc1noc(CSc2ccccc2C(=O)N(C)CC(=O)Nc2ccc(Br)cc2C)n1. The van der Waals surface area contributed by atoms with Crippen molar-refractivity contribution < 1.29 is 14.1 Å². The van der Waals surface area contributed by atoms with Gasteiger partial charge < -0.3 is 14.7 Å². The lowest BCUT2D eigenvalue weighted by atomic mass is 10.2. The Labute approximate surface area is 187 Å². The summed E-state index contributed by atoms with van der Waals surface area (Å²) in [6.07, 6.45) is 0. The van der Waals surface area contributed by atoms with Gasteiger partial charge in [-0.3, -0.25) is 9.59 Å². The number of carbonyl (C=O) groups is 2. The van der Waals surface area contributed by atoms with Crippen LogP contribution < -0.4 is 5.32 Å². The average Bonchev–Trinajstić information content (AvgIpc) is 3.13. The molecule has 0 aliphatic carbocycles. The summed E-state index contributed by atoms with van der Waals surface area (Å²) in [6, 6.07) is 12.9. The highest BCUT2D eigenvalue weighted by atomic mass is 79.9. The molecule has 1 aromatic heterocycles. The van der Waals surface area contributed by atoms with Gasteiger partial charge in [0.15, 0.2) is 5.82 Å². The number of thioether (sulfide) groups is 1. The molecule has 0 fully saturated rings. The topological polar surface area (TPSA) is 88.3 Å². The number of aromatic nitrogens is 2. The molecule has 0 saturated heterocycles. The average molecular weight is 489 g/mol. The quantitative estimate of drug-likeness (QED) is 0.494. The van der Waals surface area contributed by atoms with Crippen molar-refractivity contribution in [2.24, 2.45) is 0 Å². The fourth-order valence-electron chi connectivity index (χ4n) is 2.76. The molecule has 0 spiro atoms. The third-order valence-corrected chi connectivity index (χ3v) is 5.78. The zero-order valence-electron chi connectivity index (χ0n) is 16.8. The molecular weight excluding hydrogens is 468 g/mol. The van der Waals surface area contributed by atoms with Crippen LogP contribution in [0.5, 0.6) is 0 Å². The molecule has 0 atom stereocenters. The number of benzene rings is 2. The van der Waals surface area contributed by atoms with Crippen LogP contribution in [-0.4, -0.2) is 40.4 Å². The van der Waals surface area contributed by atoms with Crippen LogP contribution in [0.4, 0.5) is 5.69 Å². The van der Waals surface area contributed by atoms with Crippen molar-refractivity contribution in [2.45, 2.75) is 24.5 Å². The van der Waals surface area contributed by atoms with Crippen molar-refractivity contribution in [1.29, 1.82) is 0 Å². The Kier molecular flexibility index (Phi) is 7.28. The third-order valence-electron chi connectivity index (χ3n) is 4.23. The number of anilines is 1. The first-order valence-corrected chi connectivity index (χ1v) is 10.9. The van der Waals surface area contributed by atoms with E-state index in [2.05, 4.69) is 31.4 Å². The van der Waals surface area contributed by atoms with Gasteiger partial charge in [-0.1, -0.05) is 33.2 Å². The first kappa shape index (κ1) is 22.0. The van der Waals surface area contributed by atoms with Crippen LogP contribution in [0, 0.1) is 13.8 Å². The van der Waals surface area contributed by atoms with Crippen molar-refractivity contribution >= 4 is 45.2 Å². The Balaban J connectivity index is 1.64. The van der Waals surface area contributed by atoms with E-state index in [-0.39, 0.29) is 18.4 Å². The van der Waals surface area contributed by atoms with E-state index in [0.717, 1.165) is 20.6 Å². The van der Waals surface area contributed by atoms with Gasteiger partial charge in [-0.05, 0) is 49.7 Å². The van der Waals surface area contributed by atoms with Gasteiger partial charge in [0.1, 0.15) is 0 Å². The number of hydrogen-bond acceptors (Lipinski definition) is 6. The summed E-state index contributed by atoms with van der Waals surface area (Å²) in [4.78, 5) is 31.8. The van der Waals surface area contributed by atoms with Gasteiger partial charge in [-0.25, -0.2) is 0 Å². The van der Waals surface area contributed by atoms with Crippen molar-refractivity contribution in [2.75, 3.05) is 18.9 Å². The number of nitrogens with zero attached hydrogens (tertiary/aromatic N) is 3. The highest BCUT2D eigenvalue weighted by Gasteiger charge is 2.19. The van der Waals surface area contributed by atoms with E-state index in [1.807, 2.05) is 37.3 Å². The standard InChI is InChI=1S/C21H21BrN4O3S/c1-13-10-15(22)8-9-17(13)24-19(27)11-26(3)21(28)16-6-4-5-7-18(16)30-12-20-23-14(2)25-29-20/h4-10H,11-12H2,1-3H3,(H,24,27). The van der Waals surface area contributed by atoms with Gasteiger partial charge in [0.2, 0.25) is 11.8 Å². The minimum Gasteiger partial charge on any atom is -0.338 e. The van der Waals surface area contributed by atoms with Gasteiger partial charge in [-0.15, -0.1) is 11.8 Å². The fourth-order valence-corrected chi connectivity index (χ4v) is 4.11. The van der Waals surface area contributed by atoms with Crippen LogP contribution in [0.25, 0.3) is 0 Å². The molecule has 156 valence electrons. The zero-order valence-corrected chi connectivity index (χ0v) is 19.2. The van der Waals surface area contributed by atoms with Gasteiger partial charge in [-0.2, -0.15) is 4.98 Å². The Bertz CT molecular complexity index is 1070. The minimum absolute atomic E-state index is 0.0593. The van der Waals surface area contributed by atoms with E-state index in [1.54, 1.807) is 26.1 Å². The number of rotatable bonds is 7. The summed E-state index contributed by atoms with van der Waals surface area (Å²) < 4.78 is 6.07. The monoisotopic (exact) mass is 488 g/mol. The fraction of sp³-hybridized carbons (Fsp3) is 0.238. The summed E-state index contributed by atoms with van der Waals surface area (Å²) in [7, 11) is 1.61. The third kappa shape index (κ3) is 5.70. The minimum atomic E-state index is -0.261. The van der Waals surface area contributed by atoms with Crippen LogP contribution in [0.3, 0.4) is 0 Å². The number of amides is 2. The second kappa shape index (κ2) is 9.90. The number of hydrogen-bond donors (Lipinski definition) is 1. The van der Waals surface area contributed by atoms with E-state index in [1.165, 1.54) is 16.7 Å². The predicted octanol–water partition coefficient (Wildman–Crippen LogP) is 4.45. The molecule has 2 amide bonds. The van der Waals surface area contributed by atoms with E-state index in [0.29, 0.717) is 23.0 Å². The van der Waals surface area contributed by atoms with Crippen molar-refractivity contribution in [3.8, 4) is 0 Å². The molecule has 30 heavy (non-hydrogen) atoms. The van der Waals surface area contributed by atoms with E-state index in [4.69, 9.17) is 4.52 Å². The number of aryl methyl sites for hydroxylation is 2. The lowest BCUT2D eigenvalue weighted by molar-refractivity contribution is -0.116. The zero-order chi connectivity index (χ0) is 21.7. The summed E-state index contributed by atoms with van der Waals surface area (Å²) in [5, 5.41) is 6.62. The molecule has 1 heterocycles. The van der Waals surface area contributed by atoms with Gasteiger partial charge in [0.05, 0.1) is 17.9 Å². The first-order chi connectivity index (χ1) is 14.3. The summed E-state index contributed by atoms with van der Waals surface area (Å²) >= 11 is 4.84. The molecule has 0 bridgehead atoms. The second-order valence-corrected chi connectivity index (χ2v) is 8.62. The predicted molar refractivity (Wildman–Crippen MR) is 120 cm³/mol. The smallest absolute Gasteiger partial charge is 0.255 e. The summed E-state index contributed by atoms with van der Waals surface area (Å²) in [5.41, 5.74) is 2.17. The molecule has 9 heteroatoms. The number of likely N-dealkylation sites (N-methyl/N-ethyl adjacent to an activating group) is 1. The van der Waals surface area contributed by atoms with E-state index < -0.39 is 0 Å². The van der Waals surface area contributed by atoms with E-state index >= 15 is 0 Å². The number of halogens is 1. The van der Waals surface area contributed by atoms with Crippen molar-refractivity contribution in [3.05, 3.63) is 69.8 Å². The normalized spacial score (nSPS) is 10.7. The highest BCUT2D eigenvalue weighted by molar-refractivity contribution is 9.10. The molecule has 3 aromatic rings. The van der Waals surface area contributed by atoms with Crippen molar-refractivity contribution in [1.82, 2.24) is 15.0 Å². The Morgan fingerprint density at radius 2 is 1.97 bits per heavy atom. The molecule has 0 aliphatic heterocycles. The van der Waals surface area contributed by atoms with Crippen LogP contribution in [0.1, 0.15) is 27.6 Å². The number of carbonyl (C=O) groups excluding carboxylic acids is 2. The van der Waals surface area contributed by atoms with Crippen LogP contribution in [-0.2, 0) is 10.5 Å². The molecule has 1 N–H and O–H groups in total. The largest absolute Gasteiger partial charge is 0.338 e. The lowest BCUT2D eigenvalue weighted by Gasteiger charge is -2.19. The molecular formula is C21H21BrN4O3S. The van der Waals surface area contributed by atoms with Crippen LogP contribution >= 0.6 is 27.7 Å². The van der Waals surface area contributed by atoms with Crippen molar-refractivity contribution in [3.63, 3.8) is 0 Å². The molecule has 7 nitrogen and oxygen atoms in total. The molecule has 3 rings (SSSR count). The molecule has 2 aromatic carbocycles. The molecule has 0 unspecified atom stereocenters. The maximum Gasteiger partial charge on any atom is 0.255 e.